The normalized spacial score (nSPS) is 10.1. The molecular formula is C12H14F2N2O3. The molecule has 0 atom stereocenters. The first-order valence-corrected chi connectivity index (χ1v) is 5.58. The van der Waals surface area contributed by atoms with E-state index in [4.69, 9.17) is 10.5 Å². The molecule has 7 heteroatoms. The average Bonchev–Trinajstić information content (AvgIpc) is 2.38. The molecule has 0 saturated carbocycles. The Morgan fingerprint density at radius 3 is 2.58 bits per heavy atom. The van der Waals surface area contributed by atoms with Crippen LogP contribution in [0.2, 0.25) is 0 Å². The molecule has 19 heavy (non-hydrogen) atoms. The lowest BCUT2D eigenvalue weighted by Crippen LogP contribution is -2.18. The SMILES string of the molecule is CNC(=O)CCCOC(=O)c1cc(F)c(F)cc1N. The summed E-state index contributed by atoms with van der Waals surface area (Å²) >= 11 is 0. The summed E-state index contributed by atoms with van der Waals surface area (Å²) in [6.07, 6.45) is 0.534. The first-order valence-electron chi connectivity index (χ1n) is 5.58. The van der Waals surface area contributed by atoms with E-state index in [1.807, 2.05) is 0 Å². The number of hydrogen-bond donors (Lipinski definition) is 2. The van der Waals surface area contributed by atoms with Gasteiger partial charge in [0.1, 0.15) is 0 Å². The average molecular weight is 272 g/mol. The number of nitrogen functional groups attached to an aromatic ring is 1. The van der Waals surface area contributed by atoms with E-state index in [9.17, 15) is 18.4 Å². The number of anilines is 1. The highest BCUT2D eigenvalue weighted by molar-refractivity contribution is 5.95. The minimum atomic E-state index is -1.17. The van der Waals surface area contributed by atoms with Gasteiger partial charge in [0, 0.05) is 25.2 Å². The number of esters is 1. The van der Waals surface area contributed by atoms with Crippen molar-refractivity contribution in [3.63, 3.8) is 0 Å². The molecule has 1 amide bonds. The van der Waals surface area contributed by atoms with E-state index in [1.54, 1.807) is 0 Å². The van der Waals surface area contributed by atoms with Crippen molar-refractivity contribution in [3.05, 3.63) is 29.3 Å². The van der Waals surface area contributed by atoms with Gasteiger partial charge in [-0.25, -0.2) is 13.6 Å². The first kappa shape index (κ1) is 14.9. The fourth-order valence-corrected chi connectivity index (χ4v) is 1.34. The van der Waals surface area contributed by atoms with Gasteiger partial charge in [-0.3, -0.25) is 4.79 Å². The van der Waals surface area contributed by atoms with Crippen molar-refractivity contribution in [2.45, 2.75) is 12.8 Å². The topological polar surface area (TPSA) is 81.4 Å². The molecule has 5 nitrogen and oxygen atoms in total. The van der Waals surface area contributed by atoms with Gasteiger partial charge in [-0.15, -0.1) is 0 Å². The molecule has 1 rings (SSSR count). The zero-order valence-corrected chi connectivity index (χ0v) is 10.3. The van der Waals surface area contributed by atoms with Gasteiger partial charge in [-0.1, -0.05) is 0 Å². The minimum absolute atomic E-state index is 0.00924. The van der Waals surface area contributed by atoms with Crippen molar-refractivity contribution in [3.8, 4) is 0 Å². The van der Waals surface area contributed by atoms with E-state index in [2.05, 4.69) is 5.32 Å². The molecule has 0 radical (unpaired) electrons. The van der Waals surface area contributed by atoms with Crippen LogP contribution < -0.4 is 11.1 Å². The number of hydrogen-bond acceptors (Lipinski definition) is 4. The van der Waals surface area contributed by atoms with Crippen LogP contribution >= 0.6 is 0 Å². The van der Waals surface area contributed by atoms with Crippen LogP contribution in [0.25, 0.3) is 0 Å². The summed E-state index contributed by atoms with van der Waals surface area (Å²) in [5.74, 6) is -3.34. The van der Waals surface area contributed by atoms with Crippen LogP contribution in [0.4, 0.5) is 14.5 Å². The Morgan fingerprint density at radius 1 is 1.32 bits per heavy atom. The summed E-state index contributed by atoms with van der Waals surface area (Å²) < 4.78 is 30.6. The second-order valence-electron chi connectivity index (χ2n) is 3.77. The standard InChI is InChI=1S/C12H14F2N2O3/c1-16-11(17)3-2-4-19-12(18)7-5-8(13)9(14)6-10(7)15/h5-6H,2-4,15H2,1H3,(H,16,17). The molecule has 0 aliphatic carbocycles. The molecule has 3 N–H and O–H groups in total. The van der Waals surface area contributed by atoms with Gasteiger partial charge >= 0.3 is 5.97 Å². The van der Waals surface area contributed by atoms with E-state index < -0.39 is 17.6 Å². The Morgan fingerprint density at radius 2 is 1.95 bits per heavy atom. The predicted molar refractivity (Wildman–Crippen MR) is 64.4 cm³/mol. The molecular weight excluding hydrogens is 258 g/mol. The molecule has 0 spiro atoms. The number of amides is 1. The summed E-state index contributed by atoms with van der Waals surface area (Å²) in [7, 11) is 1.50. The lowest BCUT2D eigenvalue weighted by Gasteiger charge is -2.07. The maximum atomic E-state index is 13.0. The second-order valence-corrected chi connectivity index (χ2v) is 3.77. The zero-order valence-electron chi connectivity index (χ0n) is 10.3. The van der Waals surface area contributed by atoms with Gasteiger partial charge in [-0.05, 0) is 12.5 Å². The van der Waals surface area contributed by atoms with Gasteiger partial charge in [0.2, 0.25) is 5.91 Å². The first-order chi connectivity index (χ1) is 8.95. The number of nitrogens with one attached hydrogen (secondary N) is 1. The molecule has 0 fully saturated rings. The van der Waals surface area contributed by atoms with Crippen LogP contribution in [0, 0.1) is 11.6 Å². The summed E-state index contributed by atoms with van der Waals surface area (Å²) in [5.41, 5.74) is 4.96. The Bertz CT molecular complexity index is 492. The fraction of sp³-hybridized carbons (Fsp3) is 0.333. The molecule has 1 aromatic rings. The zero-order chi connectivity index (χ0) is 14.4. The molecule has 0 aliphatic heterocycles. The van der Waals surface area contributed by atoms with Crippen LogP contribution in [0.1, 0.15) is 23.2 Å². The number of nitrogens with two attached hydrogens (primary N) is 1. The van der Waals surface area contributed by atoms with Crippen LogP contribution in [-0.2, 0) is 9.53 Å². The number of carbonyl (C=O) groups excluding carboxylic acids is 2. The highest BCUT2D eigenvalue weighted by Crippen LogP contribution is 2.18. The van der Waals surface area contributed by atoms with Gasteiger partial charge in [0.05, 0.1) is 12.2 Å². The third-order valence-corrected chi connectivity index (χ3v) is 2.37. The van der Waals surface area contributed by atoms with Crippen molar-refractivity contribution in [1.82, 2.24) is 5.32 Å². The number of halogens is 2. The Balaban J connectivity index is 2.55. The summed E-state index contributed by atoms with van der Waals surface area (Å²) in [4.78, 5) is 22.5. The van der Waals surface area contributed by atoms with Gasteiger partial charge in [0.15, 0.2) is 11.6 Å². The van der Waals surface area contributed by atoms with Gasteiger partial charge in [0.25, 0.3) is 0 Å². The Hall–Kier alpha value is -2.18. The summed E-state index contributed by atoms with van der Waals surface area (Å²) in [5, 5.41) is 2.42. The van der Waals surface area contributed by atoms with Crippen LogP contribution in [0.5, 0.6) is 0 Å². The molecule has 0 aromatic heterocycles. The van der Waals surface area contributed by atoms with E-state index in [1.165, 1.54) is 7.05 Å². The highest BCUT2D eigenvalue weighted by Gasteiger charge is 2.15. The molecule has 104 valence electrons. The maximum absolute atomic E-state index is 13.0. The molecule has 0 unspecified atom stereocenters. The lowest BCUT2D eigenvalue weighted by atomic mass is 10.1. The third-order valence-electron chi connectivity index (χ3n) is 2.37. The smallest absolute Gasteiger partial charge is 0.340 e. The highest BCUT2D eigenvalue weighted by atomic mass is 19.2. The van der Waals surface area contributed by atoms with Crippen molar-refractivity contribution in [2.24, 2.45) is 0 Å². The number of carbonyl (C=O) groups is 2. The monoisotopic (exact) mass is 272 g/mol. The molecule has 0 bridgehead atoms. The summed E-state index contributed by atoms with van der Waals surface area (Å²) in [6.45, 7) is -0.00924. The van der Waals surface area contributed by atoms with E-state index in [-0.39, 0.29) is 30.2 Å². The van der Waals surface area contributed by atoms with Crippen LogP contribution in [0.3, 0.4) is 0 Å². The van der Waals surface area contributed by atoms with Crippen molar-refractivity contribution in [2.75, 3.05) is 19.4 Å². The Labute approximate surface area is 108 Å². The van der Waals surface area contributed by atoms with E-state index in [0.717, 1.165) is 6.07 Å². The fourth-order valence-electron chi connectivity index (χ4n) is 1.34. The quantitative estimate of drug-likeness (QED) is 0.480. The second kappa shape index (κ2) is 6.67. The van der Waals surface area contributed by atoms with E-state index in [0.29, 0.717) is 12.5 Å². The maximum Gasteiger partial charge on any atom is 0.340 e. The Kier molecular flexibility index (Phi) is 5.23. The van der Waals surface area contributed by atoms with Crippen LogP contribution in [0.15, 0.2) is 12.1 Å². The predicted octanol–water partition coefficient (Wildman–Crippen LogP) is 1.23. The number of benzene rings is 1. The number of ether oxygens (including phenoxy) is 1. The lowest BCUT2D eigenvalue weighted by molar-refractivity contribution is -0.120. The van der Waals surface area contributed by atoms with Crippen LogP contribution in [-0.4, -0.2) is 25.5 Å². The van der Waals surface area contributed by atoms with Crippen molar-refractivity contribution < 1.29 is 23.1 Å². The van der Waals surface area contributed by atoms with E-state index >= 15 is 0 Å². The van der Waals surface area contributed by atoms with Crippen molar-refractivity contribution in [1.29, 1.82) is 0 Å². The van der Waals surface area contributed by atoms with Gasteiger partial charge < -0.3 is 15.8 Å². The largest absolute Gasteiger partial charge is 0.462 e. The van der Waals surface area contributed by atoms with Crippen molar-refractivity contribution >= 4 is 17.6 Å². The number of rotatable bonds is 5. The molecule has 1 aromatic carbocycles. The molecule has 0 aliphatic rings. The van der Waals surface area contributed by atoms with Gasteiger partial charge in [-0.2, -0.15) is 0 Å². The summed E-state index contributed by atoms with van der Waals surface area (Å²) in [6, 6.07) is 1.40. The minimum Gasteiger partial charge on any atom is -0.462 e. The third kappa shape index (κ3) is 4.20. The molecule has 0 saturated heterocycles. The molecule has 0 heterocycles.